The normalized spacial score (nSPS) is 23.1. The van der Waals surface area contributed by atoms with Gasteiger partial charge in [0.25, 0.3) is 0 Å². The number of likely N-dealkylation sites (N-methyl/N-ethyl adjacent to an activating group) is 1. The summed E-state index contributed by atoms with van der Waals surface area (Å²) in [5.74, 6) is 0. The van der Waals surface area contributed by atoms with Gasteiger partial charge in [-0.1, -0.05) is 6.92 Å². The minimum atomic E-state index is 0.643. The number of anilines is 1. The van der Waals surface area contributed by atoms with Gasteiger partial charge in [0.1, 0.15) is 0 Å². The molecule has 1 fully saturated rings. The minimum Gasteiger partial charge on any atom is -0.367 e. The maximum absolute atomic E-state index is 4.17. The van der Waals surface area contributed by atoms with E-state index in [0.717, 1.165) is 26.2 Å². The van der Waals surface area contributed by atoms with Gasteiger partial charge in [-0.3, -0.25) is 9.88 Å². The van der Waals surface area contributed by atoms with Gasteiger partial charge in [0.2, 0.25) is 0 Å². The molecule has 82 valence electrons. The largest absolute Gasteiger partial charge is 0.367 e. The van der Waals surface area contributed by atoms with Crippen molar-refractivity contribution in [3.05, 3.63) is 24.5 Å². The average Bonchev–Trinajstić information content (AvgIpc) is 2.30. The highest BCUT2D eigenvalue weighted by molar-refractivity contribution is 5.44. The molecule has 0 saturated carbocycles. The molecule has 1 aromatic heterocycles. The van der Waals surface area contributed by atoms with Crippen LogP contribution in [0.4, 0.5) is 5.69 Å². The lowest BCUT2D eigenvalue weighted by atomic mass is 10.2. The number of rotatable bonds is 2. The fourth-order valence-electron chi connectivity index (χ4n) is 2.24. The molecule has 3 heteroatoms. The van der Waals surface area contributed by atoms with E-state index >= 15 is 0 Å². The number of aromatic nitrogens is 1. The molecule has 1 atom stereocenters. The van der Waals surface area contributed by atoms with Crippen molar-refractivity contribution in [1.29, 1.82) is 0 Å². The summed E-state index contributed by atoms with van der Waals surface area (Å²) < 4.78 is 0. The molecule has 1 aliphatic heterocycles. The van der Waals surface area contributed by atoms with Crippen molar-refractivity contribution in [3.63, 3.8) is 0 Å². The first-order chi connectivity index (χ1) is 7.31. The summed E-state index contributed by atoms with van der Waals surface area (Å²) in [6, 6.07) is 4.79. The van der Waals surface area contributed by atoms with Crippen LogP contribution >= 0.6 is 0 Å². The molecule has 1 aliphatic rings. The van der Waals surface area contributed by atoms with E-state index in [-0.39, 0.29) is 0 Å². The molecule has 0 N–H and O–H groups in total. The Morgan fingerprint density at radius 2 is 2.33 bits per heavy atom. The van der Waals surface area contributed by atoms with Crippen molar-refractivity contribution < 1.29 is 0 Å². The molecular weight excluding hydrogens is 186 g/mol. The lowest BCUT2D eigenvalue weighted by Crippen LogP contribution is -2.51. The predicted molar refractivity (Wildman–Crippen MR) is 63.2 cm³/mol. The smallest absolute Gasteiger partial charge is 0.0553 e. The predicted octanol–water partition coefficient (Wildman–Crippen LogP) is 1.61. The fraction of sp³-hybridized carbons (Fsp3) is 0.583. The van der Waals surface area contributed by atoms with Crippen LogP contribution in [0.1, 0.15) is 13.8 Å². The third-order valence-electron chi connectivity index (χ3n) is 3.18. The molecule has 3 nitrogen and oxygen atoms in total. The molecule has 0 aromatic carbocycles. The van der Waals surface area contributed by atoms with E-state index in [9.17, 15) is 0 Å². The van der Waals surface area contributed by atoms with Crippen LogP contribution in [-0.2, 0) is 0 Å². The fourth-order valence-corrected chi connectivity index (χ4v) is 2.24. The number of nitrogens with zero attached hydrogens (tertiary/aromatic N) is 3. The molecule has 0 radical (unpaired) electrons. The van der Waals surface area contributed by atoms with Crippen LogP contribution in [0, 0.1) is 0 Å². The zero-order chi connectivity index (χ0) is 10.7. The van der Waals surface area contributed by atoms with Gasteiger partial charge in [0.15, 0.2) is 0 Å². The van der Waals surface area contributed by atoms with Gasteiger partial charge in [0.05, 0.1) is 11.9 Å². The van der Waals surface area contributed by atoms with E-state index in [1.165, 1.54) is 5.69 Å². The third-order valence-corrected chi connectivity index (χ3v) is 3.18. The van der Waals surface area contributed by atoms with Crippen LogP contribution in [0.15, 0.2) is 24.5 Å². The third kappa shape index (κ3) is 2.29. The quantitative estimate of drug-likeness (QED) is 0.731. The van der Waals surface area contributed by atoms with Crippen LogP contribution in [-0.4, -0.2) is 42.1 Å². The van der Waals surface area contributed by atoms with Crippen molar-refractivity contribution in [2.75, 3.05) is 31.1 Å². The Labute approximate surface area is 91.7 Å². The van der Waals surface area contributed by atoms with Crippen LogP contribution < -0.4 is 4.90 Å². The number of pyridine rings is 1. The van der Waals surface area contributed by atoms with E-state index in [0.29, 0.717) is 6.04 Å². The van der Waals surface area contributed by atoms with Gasteiger partial charge >= 0.3 is 0 Å². The molecule has 2 heterocycles. The van der Waals surface area contributed by atoms with Crippen LogP contribution in [0.2, 0.25) is 0 Å². The molecule has 0 amide bonds. The summed E-state index contributed by atoms with van der Waals surface area (Å²) in [5.41, 5.74) is 1.25. The highest BCUT2D eigenvalue weighted by Gasteiger charge is 2.22. The molecule has 15 heavy (non-hydrogen) atoms. The number of hydrogen-bond donors (Lipinski definition) is 0. The first-order valence-corrected chi connectivity index (χ1v) is 5.70. The minimum absolute atomic E-state index is 0.643. The summed E-state index contributed by atoms with van der Waals surface area (Å²) in [4.78, 5) is 9.11. The Morgan fingerprint density at radius 3 is 2.93 bits per heavy atom. The van der Waals surface area contributed by atoms with Crippen molar-refractivity contribution in [2.45, 2.75) is 19.9 Å². The first-order valence-electron chi connectivity index (χ1n) is 5.70. The molecule has 1 aromatic rings. The Balaban J connectivity index is 2.03. The van der Waals surface area contributed by atoms with Gasteiger partial charge in [-0.2, -0.15) is 0 Å². The summed E-state index contributed by atoms with van der Waals surface area (Å²) in [7, 11) is 0. The molecule has 1 unspecified atom stereocenters. The van der Waals surface area contributed by atoms with Crippen molar-refractivity contribution >= 4 is 5.69 Å². The van der Waals surface area contributed by atoms with Gasteiger partial charge in [-0.15, -0.1) is 0 Å². The second kappa shape index (κ2) is 4.62. The number of hydrogen-bond acceptors (Lipinski definition) is 3. The van der Waals surface area contributed by atoms with E-state index < -0.39 is 0 Å². The topological polar surface area (TPSA) is 19.4 Å². The monoisotopic (exact) mass is 205 g/mol. The second-order valence-corrected chi connectivity index (χ2v) is 4.13. The second-order valence-electron chi connectivity index (χ2n) is 4.13. The van der Waals surface area contributed by atoms with Gasteiger partial charge in [-0.05, 0) is 25.6 Å². The molecule has 1 saturated heterocycles. The van der Waals surface area contributed by atoms with Crippen LogP contribution in [0.25, 0.3) is 0 Å². The van der Waals surface area contributed by atoms with Crippen LogP contribution in [0.3, 0.4) is 0 Å². The standard InChI is InChI=1S/C12H19N3/c1-3-14-7-8-15(10-11(14)2)12-5-4-6-13-9-12/h4-6,9,11H,3,7-8,10H2,1-2H3. The summed E-state index contributed by atoms with van der Waals surface area (Å²) in [6.07, 6.45) is 3.78. The van der Waals surface area contributed by atoms with Crippen molar-refractivity contribution in [1.82, 2.24) is 9.88 Å². The zero-order valence-electron chi connectivity index (χ0n) is 9.56. The molecule has 0 spiro atoms. The average molecular weight is 205 g/mol. The highest BCUT2D eigenvalue weighted by atomic mass is 15.3. The van der Waals surface area contributed by atoms with E-state index in [2.05, 4.69) is 34.7 Å². The Morgan fingerprint density at radius 1 is 1.47 bits per heavy atom. The maximum atomic E-state index is 4.17. The first kappa shape index (κ1) is 10.4. The molecule has 2 rings (SSSR count). The van der Waals surface area contributed by atoms with Crippen LogP contribution in [0.5, 0.6) is 0 Å². The lowest BCUT2D eigenvalue weighted by Gasteiger charge is -2.40. The van der Waals surface area contributed by atoms with Gasteiger partial charge in [-0.25, -0.2) is 0 Å². The Kier molecular flexibility index (Phi) is 3.21. The zero-order valence-corrected chi connectivity index (χ0v) is 9.56. The summed E-state index contributed by atoms with van der Waals surface area (Å²) in [6.45, 7) is 9.07. The Bertz CT molecular complexity index is 299. The van der Waals surface area contributed by atoms with E-state index in [1.807, 2.05) is 18.5 Å². The Hall–Kier alpha value is -1.09. The SMILES string of the molecule is CCN1CCN(c2cccnc2)CC1C. The van der Waals surface area contributed by atoms with Crippen molar-refractivity contribution in [2.24, 2.45) is 0 Å². The summed E-state index contributed by atoms with van der Waals surface area (Å²) in [5, 5.41) is 0. The molecule has 0 bridgehead atoms. The summed E-state index contributed by atoms with van der Waals surface area (Å²) >= 11 is 0. The number of piperazine rings is 1. The highest BCUT2D eigenvalue weighted by Crippen LogP contribution is 2.17. The van der Waals surface area contributed by atoms with E-state index in [4.69, 9.17) is 0 Å². The molecule has 0 aliphatic carbocycles. The molecular formula is C12H19N3. The maximum Gasteiger partial charge on any atom is 0.0553 e. The van der Waals surface area contributed by atoms with E-state index in [1.54, 1.807) is 0 Å². The van der Waals surface area contributed by atoms with Gasteiger partial charge < -0.3 is 4.90 Å². The van der Waals surface area contributed by atoms with Gasteiger partial charge in [0, 0.05) is 31.9 Å². The lowest BCUT2D eigenvalue weighted by molar-refractivity contribution is 0.199. The van der Waals surface area contributed by atoms with Crippen molar-refractivity contribution in [3.8, 4) is 0 Å².